The molecule has 0 aromatic heterocycles. The first-order chi connectivity index (χ1) is 7.83. The van der Waals surface area contributed by atoms with Crippen molar-refractivity contribution in [2.75, 3.05) is 20.1 Å². The van der Waals surface area contributed by atoms with Crippen LogP contribution in [-0.4, -0.2) is 26.2 Å². The topological polar surface area (TPSA) is 50.4 Å². The summed E-state index contributed by atoms with van der Waals surface area (Å²) in [6, 6.07) is 9.62. The van der Waals surface area contributed by atoms with Crippen LogP contribution < -0.4 is 10.6 Å². The van der Waals surface area contributed by atoms with Gasteiger partial charge in [-0.1, -0.05) is 30.3 Å². The summed E-state index contributed by atoms with van der Waals surface area (Å²) in [6.45, 7) is 1.84. The van der Waals surface area contributed by atoms with Crippen LogP contribution in [0.4, 0.5) is 4.79 Å². The second kappa shape index (κ2) is 7.70. The Hall–Kier alpha value is -1.55. The molecule has 4 heteroatoms. The quantitative estimate of drug-likeness (QED) is 0.717. The number of hydrogen-bond donors (Lipinski definition) is 2. The maximum absolute atomic E-state index is 11.2. The predicted molar refractivity (Wildman–Crippen MR) is 63.2 cm³/mol. The van der Waals surface area contributed by atoms with Gasteiger partial charge in [-0.15, -0.1) is 0 Å². The van der Waals surface area contributed by atoms with E-state index < -0.39 is 0 Å². The Morgan fingerprint density at radius 3 is 2.69 bits per heavy atom. The Kier molecular flexibility index (Phi) is 6.03. The fourth-order valence-electron chi connectivity index (χ4n) is 1.23. The Morgan fingerprint density at radius 2 is 2.00 bits per heavy atom. The summed E-state index contributed by atoms with van der Waals surface area (Å²) in [4.78, 5) is 11.2. The SMILES string of the molecule is CNCCCNC(=O)OCc1ccccc1. The number of hydrogen-bond acceptors (Lipinski definition) is 3. The summed E-state index contributed by atoms with van der Waals surface area (Å²) in [5.74, 6) is 0. The highest BCUT2D eigenvalue weighted by Crippen LogP contribution is 2.00. The van der Waals surface area contributed by atoms with E-state index in [-0.39, 0.29) is 6.09 Å². The van der Waals surface area contributed by atoms with Crippen LogP contribution in [0.1, 0.15) is 12.0 Å². The largest absolute Gasteiger partial charge is 0.445 e. The van der Waals surface area contributed by atoms with E-state index in [9.17, 15) is 4.79 Å². The second-order valence-corrected chi connectivity index (χ2v) is 3.45. The lowest BCUT2D eigenvalue weighted by molar-refractivity contribution is 0.139. The second-order valence-electron chi connectivity index (χ2n) is 3.45. The van der Waals surface area contributed by atoms with E-state index in [0.717, 1.165) is 18.5 Å². The molecule has 0 radical (unpaired) electrons. The van der Waals surface area contributed by atoms with Crippen molar-refractivity contribution in [2.24, 2.45) is 0 Å². The molecule has 0 aliphatic carbocycles. The Bertz CT molecular complexity index is 301. The Morgan fingerprint density at radius 1 is 1.25 bits per heavy atom. The van der Waals surface area contributed by atoms with E-state index in [1.165, 1.54) is 0 Å². The van der Waals surface area contributed by atoms with Crippen LogP contribution in [0, 0.1) is 0 Å². The number of benzene rings is 1. The van der Waals surface area contributed by atoms with E-state index in [2.05, 4.69) is 10.6 Å². The fourth-order valence-corrected chi connectivity index (χ4v) is 1.23. The minimum atomic E-state index is -0.361. The minimum Gasteiger partial charge on any atom is -0.445 e. The molecule has 0 fully saturated rings. The van der Waals surface area contributed by atoms with E-state index in [1.54, 1.807) is 0 Å². The molecule has 0 saturated carbocycles. The van der Waals surface area contributed by atoms with Crippen molar-refractivity contribution in [3.05, 3.63) is 35.9 Å². The van der Waals surface area contributed by atoms with Crippen molar-refractivity contribution in [2.45, 2.75) is 13.0 Å². The number of ether oxygens (including phenoxy) is 1. The van der Waals surface area contributed by atoms with Crippen LogP contribution in [0.3, 0.4) is 0 Å². The molecule has 2 N–H and O–H groups in total. The third-order valence-electron chi connectivity index (χ3n) is 2.09. The van der Waals surface area contributed by atoms with E-state index >= 15 is 0 Å². The molecule has 0 unspecified atom stereocenters. The van der Waals surface area contributed by atoms with Crippen molar-refractivity contribution in [3.8, 4) is 0 Å². The summed E-state index contributed by atoms with van der Waals surface area (Å²) < 4.78 is 5.04. The molecule has 0 atom stereocenters. The fraction of sp³-hybridized carbons (Fsp3) is 0.417. The third kappa shape index (κ3) is 5.36. The summed E-state index contributed by atoms with van der Waals surface area (Å²) in [5.41, 5.74) is 0.993. The number of alkyl carbamates (subject to hydrolysis) is 1. The Labute approximate surface area is 96.0 Å². The molecule has 1 amide bonds. The molecule has 0 saturated heterocycles. The van der Waals surface area contributed by atoms with Crippen molar-refractivity contribution >= 4 is 6.09 Å². The van der Waals surface area contributed by atoms with Gasteiger partial charge in [0.2, 0.25) is 0 Å². The first-order valence-electron chi connectivity index (χ1n) is 5.42. The van der Waals surface area contributed by atoms with Crippen LogP contribution in [0.15, 0.2) is 30.3 Å². The first kappa shape index (κ1) is 12.5. The lowest BCUT2D eigenvalue weighted by Gasteiger charge is -2.06. The van der Waals surface area contributed by atoms with Crippen LogP contribution in [-0.2, 0) is 11.3 Å². The molecule has 0 spiro atoms. The molecule has 0 aliphatic heterocycles. The lowest BCUT2D eigenvalue weighted by atomic mass is 10.2. The highest BCUT2D eigenvalue weighted by molar-refractivity contribution is 5.67. The number of nitrogens with one attached hydrogen (secondary N) is 2. The van der Waals surface area contributed by atoms with E-state index in [4.69, 9.17) is 4.74 Å². The van der Waals surface area contributed by atoms with Gasteiger partial charge in [-0.05, 0) is 25.6 Å². The molecule has 16 heavy (non-hydrogen) atoms. The molecule has 88 valence electrons. The van der Waals surface area contributed by atoms with E-state index in [0.29, 0.717) is 13.2 Å². The van der Waals surface area contributed by atoms with Gasteiger partial charge in [-0.2, -0.15) is 0 Å². The maximum atomic E-state index is 11.2. The van der Waals surface area contributed by atoms with Gasteiger partial charge >= 0.3 is 6.09 Å². The molecular weight excluding hydrogens is 204 g/mol. The summed E-state index contributed by atoms with van der Waals surface area (Å²) in [5, 5.41) is 5.69. The van der Waals surface area contributed by atoms with Crippen molar-refractivity contribution < 1.29 is 9.53 Å². The average molecular weight is 222 g/mol. The van der Waals surface area contributed by atoms with Crippen molar-refractivity contribution in [3.63, 3.8) is 0 Å². The van der Waals surface area contributed by atoms with E-state index in [1.807, 2.05) is 37.4 Å². The number of amides is 1. The molecule has 0 aliphatic rings. The van der Waals surface area contributed by atoms with Gasteiger partial charge in [0.05, 0.1) is 0 Å². The minimum absolute atomic E-state index is 0.318. The standard InChI is InChI=1S/C12H18N2O2/c1-13-8-5-9-14-12(15)16-10-11-6-3-2-4-7-11/h2-4,6-7,13H,5,8-10H2,1H3,(H,14,15). The number of carbonyl (C=O) groups is 1. The zero-order valence-electron chi connectivity index (χ0n) is 9.53. The van der Waals surface area contributed by atoms with Crippen LogP contribution in [0.25, 0.3) is 0 Å². The molecule has 1 aromatic rings. The van der Waals surface area contributed by atoms with Crippen LogP contribution >= 0.6 is 0 Å². The van der Waals surface area contributed by atoms with Crippen molar-refractivity contribution in [1.82, 2.24) is 10.6 Å². The molecule has 1 aromatic carbocycles. The first-order valence-corrected chi connectivity index (χ1v) is 5.42. The normalized spacial score (nSPS) is 9.81. The van der Waals surface area contributed by atoms with Gasteiger partial charge in [0, 0.05) is 6.54 Å². The predicted octanol–water partition coefficient (Wildman–Crippen LogP) is 1.52. The summed E-state index contributed by atoms with van der Waals surface area (Å²) in [6.07, 6.45) is 0.539. The smallest absolute Gasteiger partial charge is 0.407 e. The highest BCUT2D eigenvalue weighted by Gasteiger charge is 2.00. The molecule has 0 bridgehead atoms. The van der Waals surface area contributed by atoms with Crippen LogP contribution in [0.2, 0.25) is 0 Å². The molecule has 1 rings (SSSR count). The average Bonchev–Trinajstić information content (AvgIpc) is 2.33. The monoisotopic (exact) mass is 222 g/mol. The highest BCUT2D eigenvalue weighted by atomic mass is 16.5. The maximum Gasteiger partial charge on any atom is 0.407 e. The zero-order valence-corrected chi connectivity index (χ0v) is 9.53. The summed E-state index contributed by atoms with van der Waals surface area (Å²) >= 11 is 0. The zero-order chi connectivity index (χ0) is 11.6. The van der Waals surface area contributed by atoms with Gasteiger partial charge < -0.3 is 15.4 Å². The van der Waals surface area contributed by atoms with Gasteiger partial charge in [-0.3, -0.25) is 0 Å². The molecule has 4 nitrogen and oxygen atoms in total. The van der Waals surface area contributed by atoms with Crippen LogP contribution in [0.5, 0.6) is 0 Å². The lowest BCUT2D eigenvalue weighted by Crippen LogP contribution is -2.27. The van der Waals surface area contributed by atoms with Crippen molar-refractivity contribution in [1.29, 1.82) is 0 Å². The van der Waals surface area contributed by atoms with Gasteiger partial charge in [0.25, 0.3) is 0 Å². The van der Waals surface area contributed by atoms with Gasteiger partial charge in [-0.25, -0.2) is 4.79 Å². The molecule has 0 heterocycles. The summed E-state index contributed by atoms with van der Waals surface area (Å²) in [7, 11) is 1.88. The third-order valence-corrected chi connectivity index (χ3v) is 2.09. The van der Waals surface area contributed by atoms with Gasteiger partial charge in [0.15, 0.2) is 0 Å². The molecular formula is C12H18N2O2. The number of carbonyl (C=O) groups excluding carboxylic acids is 1. The van der Waals surface area contributed by atoms with Gasteiger partial charge in [0.1, 0.15) is 6.61 Å². The number of rotatable bonds is 6. The Balaban J connectivity index is 2.11.